The number of nitrogens with zero attached hydrogens (tertiary/aromatic N) is 2. The van der Waals surface area contributed by atoms with Gasteiger partial charge in [0.2, 0.25) is 0 Å². The number of benzene rings is 1. The third-order valence-electron chi connectivity index (χ3n) is 6.40. The van der Waals surface area contributed by atoms with Crippen molar-refractivity contribution >= 4 is 12.1 Å². The Morgan fingerprint density at radius 2 is 2.06 bits per heavy atom. The largest absolute Gasteiger partial charge is 0.457 e. The van der Waals surface area contributed by atoms with Crippen molar-refractivity contribution in [3.8, 4) is 23.5 Å². The van der Waals surface area contributed by atoms with Gasteiger partial charge in [0.15, 0.2) is 0 Å². The van der Waals surface area contributed by atoms with Gasteiger partial charge in [-0.25, -0.2) is 14.6 Å². The summed E-state index contributed by atoms with van der Waals surface area (Å²) in [6.07, 6.45) is 9.58. The van der Waals surface area contributed by atoms with Crippen molar-refractivity contribution in [3.63, 3.8) is 0 Å². The Kier molecular flexibility index (Phi) is 5.94. The van der Waals surface area contributed by atoms with Crippen LogP contribution in [0.5, 0.6) is 0 Å². The topological polar surface area (TPSA) is 68.7 Å². The summed E-state index contributed by atoms with van der Waals surface area (Å²) in [5, 5.41) is 0. The van der Waals surface area contributed by atoms with E-state index in [0.717, 1.165) is 19.3 Å². The van der Waals surface area contributed by atoms with Crippen LogP contribution in [0.15, 0.2) is 42.6 Å². The quantitative estimate of drug-likeness (QED) is 0.460. The lowest BCUT2D eigenvalue weighted by Gasteiger charge is -2.36. The smallest absolute Gasteiger partial charge is 0.410 e. The third-order valence-corrected chi connectivity index (χ3v) is 6.40. The van der Waals surface area contributed by atoms with Gasteiger partial charge in [0.1, 0.15) is 11.8 Å². The Balaban J connectivity index is 0.000000275. The van der Waals surface area contributed by atoms with E-state index in [0.29, 0.717) is 6.42 Å². The monoisotopic (exact) mass is 418 g/mol. The number of aromatic nitrogens is 1. The van der Waals surface area contributed by atoms with E-state index >= 15 is 0 Å². The summed E-state index contributed by atoms with van der Waals surface area (Å²) in [6.45, 7) is 2.14. The van der Waals surface area contributed by atoms with Crippen molar-refractivity contribution in [1.29, 1.82) is 0 Å². The molecule has 5 rings (SSSR count). The van der Waals surface area contributed by atoms with E-state index in [1.54, 1.807) is 29.3 Å². The zero-order valence-corrected chi connectivity index (χ0v) is 17.8. The molecule has 3 aliphatic carbocycles. The van der Waals surface area contributed by atoms with Gasteiger partial charge in [0.25, 0.3) is 0 Å². The van der Waals surface area contributed by atoms with Crippen LogP contribution in [0.2, 0.25) is 0 Å². The maximum absolute atomic E-state index is 12.3. The number of methoxy groups -OCH3 is 1. The second-order valence-electron chi connectivity index (χ2n) is 8.15. The van der Waals surface area contributed by atoms with Gasteiger partial charge >= 0.3 is 12.1 Å². The van der Waals surface area contributed by atoms with Crippen LogP contribution in [0, 0.1) is 25.2 Å². The number of likely N-dealkylation sites (tertiary alicyclic amines) is 1. The predicted molar refractivity (Wildman–Crippen MR) is 116 cm³/mol. The van der Waals surface area contributed by atoms with Gasteiger partial charge in [0, 0.05) is 18.2 Å². The molecule has 2 heterocycles. The molecule has 1 unspecified atom stereocenters. The zero-order valence-electron chi connectivity index (χ0n) is 17.8. The summed E-state index contributed by atoms with van der Waals surface area (Å²) in [6, 6.07) is 11.3. The molecule has 0 spiro atoms. The average molecular weight is 418 g/mol. The molecule has 1 amide bonds. The molecule has 1 aromatic rings. The number of ether oxygens (including phenoxy) is 2. The van der Waals surface area contributed by atoms with Gasteiger partial charge in [-0.2, -0.15) is 0 Å². The fourth-order valence-corrected chi connectivity index (χ4v) is 4.79. The molecule has 4 aliphatic rings. The molecular weight excluding hydrogens is 392 g/mol. The molecule has 0 N–H and O–H groups in total. The maximum atomic E-state index is 12.3. The summed E-state index contributed by atoms with van der Waals surface area (Å²) in [5.74, 6) is 2.26. The van der Waals surface area contributed by atoms with Gasteiger partial charge in [-0.3, -0.25) is 4.90 Å². The number of esters is 1. The van der Waals surface area contributed by atoms with Crippen molar-refractivity contribution in [2.75, 3.05) is 7.11 Å². The lowest BCUT2D eigenvalue weighted by Crippen LogP contribution is -2.46. The molecule has 2 fully saturated rings. The number of rotatable bonds is 2. The van der Waals surface area contributed by atoms with Crippen LogP contribution in [0.3, 0.4) is 0 Å². The molecule has 31 heavy (non-hydrogen) atoms. The van der Waals surface area contributed by atoms with Crippen LogP contribution in [0.4, 0.5) is 4.79 Å². The molecule has 1 aliphatic heterocycles. The normalized spacial score (nSPS) is 24.7. The molecule has 6 heteroatoms. The number of carbonyl (C=O) groups excluding carboxylic acids is 2. The molecule has 0 aromatic carbocycles. The standard InChI is InChI=1S/C18H20N2O4.C7H6/c1-3-12-11-13-15(20(12)18(22)23-2)8-6-9-16(13)24-17(21)14-7-4-5-10-19-14;1-5-4-6-2-3-7(5)6/h1,4-5,7,10,12-13,15-16H,6,8-9,11H2,2H3;2-4H,1H3/t12?,13-,15-,16+;/m1./s1. The molecule has 1 saturated heterocycles. The van der Waals surface area contributed by atoms with Crippen LogP contribution in [0.25, 0.3) is 11.1 Å². The van der Waals surface area contributed by atoms with Gasteiger partial charge in [-0.05, 0) is 61.4 Å². The Morgan fingerprint density at radius 3 is 2.58 bits per heavy atom. The highest BCUT2D eigenvalue weighted by atomic mass is 16.5. The number of carbonyl (C=O) groups is 2. The summed E-state index contributed by atoms with van der Waals surface area (Å²) < 4.78 is 10.6. The maximum Gasteiger partial charge on any atom is 0.410 e. The summed E-state index contributed by atoms with van der Waals surface area (Å²) in [5.41, 5.74) is 4.64. The van der Waals surface area contributed by atoms with Gasteiger partial charge in [-0.1, -0.05) is 30.2 Å². The third kappa shape index (κ3) is 4.00. The van der Waals surface area contributed by atoms with Crippen LogP contribution in [-0.2, 0) is 9.47 Å². The SMILES string of the molecule is C#CC1C[C@H]2[C@@H](OC(=O)c3ccccn3)CCC[C@H]2N1C(=O)OC.Cc1cc2ccc1-2. The molecule has 1 aromatic heterocycles. The van der Waals surface area contributed by atoms with E-state index in [4.69, 9.17) is 15.9 Å². The van der Waals surface area contributed by atoms with Crippen molar-refractivity contribution in [1.82, 2.24) is 9.88 Å². The van der Waals surface area contributed by atoms with Crippen LogP contribution < -0.4 is 0 Å². The molecule has 6 nitrogen and oxygen atoms in total. The second kappa shape index (κ2) is 8.81. The fourth-order valence-electron chi connectivity index (χ4n) is 4.79. The summed E-state index contributed by atoms with van der Waals surface area (Å²) >= 11 is 0. The van der Waals surface area contributed by atoms with Crippen LogP contribution in [-0.4, -0.2) is 47.2 Å². The molecule has 0 radical (unpaired) electrons. The van der Waals surface area contributed by atoms with Crippen molar-refractivity contribution in [3.05, 3.63) is 53.9 Å². The minimum Gasteiger partial charge on any atom is -0.457 e. The van der Waals surface area contributed by atoms with Crippen LogP contribution in [0.1, 0.15) is 41.7 Å². The van der Waals surface area contributed by atoms with Gasteiger partial charge in [0.05, 0.1) is 13.2 Å². The number of amides is 1. The first-order valence-electron chi connectivity index (χ1n) is 10.6. The number of hydrogen-bond acceptors (Lipinski definition) is 5. The summed E-state index contributed by atoms with van der Waals surface area (Å²) in [7, 11) is 1.35. The Bertz CT molecular complexity index is 1010. The highest BCUT2D eigenvalue weighted by Crippen LogP contribution is 2.41. The Morgan fingerprint density at radius 1 is 1.23 bits per heavy atom. The van der Waals surface area contributed by atoms with Crippen molar-refractivity contribution in [2.24, 2.45) is 5.92 Å². The van der Waals surface area contributed by atoms with Crippen molar-refractivity contribution in [2.45, 2.75) is 50.8 Å². The average Bonchev–Trinajstić information content (AvgIpc) is 3.17. The van der Waals surface area contributed by atoms with Gasteiger partial charge in [-0.15, -0.1) is 6.42 Å². The highest BCUT2D eigenvalue weighted by molar-refractivity contribution is 5.87. The molecular formula is C25H26N2O4. The van der Waals surface area contributed by atoms with E-state index in [2.05, 4.69) is 36.0 Å². The van der Waals surface area contributed by atoms with Crippen molar-refractivity contribution < 1.29 is 19.1 Å². The number of fused-ring (bicyclic) bond motifs is 2. The molecule has 160 valence electrons. The van der Waals surface area contributed by atoms with Crippen LogP contribution >= 0.6 is 0 Å². The number of terminal acetylenes is 1. The highest BCUT2D eigenvalue weighted by Gasteiger charge is 2.49. The lowest BCUT2D eigenvalue weighted by atomic mass is 9.82. The first-order chi connectivity index (χ1) is 15.0. The number of hydrogen-bond donors (Lipinski definition) is 0. The molecule has 1 saturated carbocycles. The van der Waals surface area contributed by atoms with E-state index in [-0.39, 0.29) is 29.8 Å². The van der Waals surface area contributed by atoms with E-state index in [1.807, 2.05) is 0 Å². The number of pyridine rings is 1. The molecule has 0 bridgehead atoms. The Labute approximate surface area is 182 Å². The lowest BCUT2D eigenvalue weighted by molar-refractivity contribution is -0.00781. The first-order valence-corrected chi connectivity index (χ1v) is 10.6. The minimum atomic E-state index is -0.435. The second-order valence-corrected chi connectivity index (χ2v) is 8.15. The van der Waals surface area contributed by atoms with E-state index in [9.17, 15) is 9.59 Å². The summed E-state index contributed by atoms with van der Waals surface area (Å²) in [4.78, 5) is 30.0. The minimum absolute atomic E-state index is 0.0339. The first kappa shape index (κ1) is 20.9. The van der Waals surface area contributed by atoms with Gasteiger partial charge < -0.3 is 9.47 Å². The molecule has 4 atom stereocenters. The Hall–Kier alpha value is -3.33. The predicted octanol–water partition coefficient (Wildman–Crippen LogP) is 4.23. The van der Waals surface area contributed by atoms with E-state index in [1.165, 1.54) is 23.8 Å². The zero-order chi connectivity index (χ0) is 22.0. The van der Waals surface area contributed by atoms with E-state index < -0.39 is 12.1 Å². The fraction of sp³-hybridized carbons (Fsp3) is 0.400. The number of aryl methyl sites for hydroxylation is 1.